The molecule has 0 radical (unpaired) electrons. The third kappa shape index (κ3) is 6.29. The number of nitrogens with one attached hydrogen (secondary N) is 1. The van der Waals surface area contributed by atoms with Crippen LogP contribution in [0.4, 0.5) is 0 Å². The number of nitrogens with two attached hydrogens (primary N) is 1. The number of benzene rings is 1. The van der Waals surface area contributed by atoms with Gasteiger partial charge in [0.1, 0.15) is 0 Å². The van der Waals surface area contributed by atoms with Crippen molar-refractivity contribution < 1.29 is 4.79 Å². The molecular formula is C15H23BrN2OS. The Kier molecular flexibility index (Phi) is 8.26. The van der Waals surface area contributed by atoms with Gasteiger partial charge in [0.05, 0.1) is 0 Å². The van der Waals surface area contributed by atoms with Gasteiger partial charge >= 0.3 is 0 Å². The summed E-state index contributed by atoms with van der Waals surface area (Å²) in [4.78, 5) is 12.9. The lowest BCUT2D eigenvalue weighted by Gasteiger charge is -2.15. The molecule has 3 nitrogen and oxygen atoms in total. The summed E-state index contributed by atoms with van der Waals surface area (Å²) >= 11 is 5.38. The molecule has 112 valence electrons. The molecule has 0 spiro atoms. The number of carbonyl (C=O) groups is 1. The van der Waals surface area contributed by atoms with Gasteiger partial charge in [0.25, 0.3) is 0 Å². The second-order valence-electron chi connectivity index (χ2n) is 4.92. The number of hydrogen-bond donors (Lipinski definition) is 2. The Hall–Kier alpha value is -0.520. The fourth-order valence-electron chi connectivity index (χ4n) is 1.58. The van der Waals surface area contributed by atoms with E-state index in [9.17, 15) is 4.79 Å². The zero-order valence-corrected chi connectivity index (χ0v) is 14.5. The Balaban J connectivity index is 2.11. The Morgan fingerprint density at radius 1 is 1.35 bits per heavy atom. The molecule has 0 heterocycles. The van der Waals surface area contributed by atoms with Gasteiger partial charge in [-0.15, -0.1) is 11.8 Å². The van der Waals surface area contributed by atoms with Crippen molar-refractivity contribution >= 4 is 33.6 Å². The van der Waals surface area contributed by atoms with Crippen molar-refractivity contribution in [2.45, 2.75) is 37.6 Å². The fourth-order valence-corrected chi connectivity index (χ4v) is 3.16. The first kappa shape index (κ1) is 17.5. The van der Waals surface area contributed by atoms with Crippen molar-refractivity contribution in [3.05, 3.63) is 28.7 Å². The van der Waals surface area contributed by atoms with Crippen LogP contribution >= 0.6 is 27.7 Å². The smallest absolute Gasteiger partial charge is 0.224 e. The van der Waals surface area contributed by atoms with Crippen LogP contribution in [-0.4, -0.2) is 24.2 Å². The average Bonchev–Trinajstić information content (AvgIpc) is 2.43. The molecule has 0 aliphatic rings. The van der Waals surface area contributed by atoms with Gasteiger partial charge in [0.15, 0.2) is 0 Å². The van der Waals surface area contributed by atoms with Crippen LogP contribution in [0.2, 0.25) is 0 Å². The Labute approximate surface area is 134 Å². The van der Waals surface area contributed by atoms with Gasteiger partial charge in [-0.05, 0) is 53.6 Å². The zero-order valence-electron chi connectivity index (χ0n) is 12.1. The minimum absolute atomic E-state index is 0.0541. The van der Waals surface area contributed by atoms with Gasteiger partial charge in [-0.3, -0.25) is 4.79 Å². The van der Waals surface area contributed by atoms with E-state index < -0.39 is 0 Å². The van der Waals surface area contributed by atoms with Gasteiger partial charge in [-0.2, -0.15) is 0 Å². The van der Waals surface area contributed by atoms with E-state index >= 15 is 0 Å². The third-order valence-corrected chi connectivity index (χ3v) is 5.28. The van der Waals surface area contributed by atoms with Gasteiger partial charge in [0, 0.05) is 27.9 Å². The van der Waals surface area contributed by atoms with E-state index in [4.69, 9.17) is 5.73 Å². The number of hydrogen-bond acceptors (Lipinski definition) is 3. The Morgan fingerprint density at radius 2 is 2.05 bits per heavy atom. The van der Waals surface area contributed by atoms with Crippen molar-refractivity contribution in [2.75, 3.05) is 12.3 Å². The number of unbranched alkanes of at least 4 members (excludes halogenated alkanes) is 1. The summed E-state index contributed by atoms with van der Waals surface area (Å²) < 4.78 is 1.14. The zero-order chi connectivity index (χ0) is 15.0. The molecule has 2 unspecified atom stereocenters. The molecule has 0 aliphatic carbocycles. The quantitative estimate of drug-likeness (QED) is 0.552. The summed E-state index contributed by atoms with van der Waals surface area (Å²) in [6, 6.07) is 8.13. The summed E-state index contributed by atoms with van der Waals surface area (Å²) in [6.07, 6.45) is 2.08. The molecule has 2 atom stereocenters. The first-order valence-corrected chi connectivity index (χ1v) is 8.71. The maximum Gasteiger partial charge on any atom is 0.224 e. The molecular weight excluding hydrogens is 336 g/mol. The molecule has 0 bridgehead atoms. The maximum atomic E-state index is 11.7. The minimum atomic E-state index is -0.121. The van der Waals surface area contributed by atoms with Crippen LogP contribution in [0.1, 0.15) is 26.7 Å². The molecule has 0 fully saturated rings. The summed E-state index contributed by atoms with van der Waals surface area (Å²) in [5.74, 6) is 0.990. The van der Waals surface area contributed by atoms with Crippen LogP contribution in [0.15, 0.2) is 33.6 Å². The predicted octanol–water partition coefficient (Wildman–Crippen LogP) is 3.42. The largest absolute Gasteiger partial charge is 0.356 e. The molecule has 0 saturated heterocycles. The number of thioether (sulfide) groups is 1. The highest BCUT2D eigenvalue weighted by atomic mass is 79.9. The lowest BCUT2D eigenvalue weighted by molar-refractivity contribution is -0.124. The van der Waals surface area contributed by atoms with Crippen molar-refractivity contribution in [3.63, 3.8) is 0 Å². The Bertz CT molecular complexity index is 426. The molecule has 1 amide bonds. The molecule has 3 N–H and O–H groups in total. The minimum Gasteiger partial charge on any atom is -0.356 e. The molecule has 0 aromatic heterocycles. The highest BCUT2D eigenvalue weighted by Gasteiger charge is 2.15. The number of carbonyl (C=O) groups excluding carboxylic acids is 1. The van der Waals surface area contributed by atoms with Crippen LogP contribution in [0.5, 0.6) is 0 Å². The highest BCUT2D eigenvalue weighted by Crippen LogP contribution is 2.27. The van der Waals surface area contributed by atoms with Gasteiger partial charge in [-0.1, -0.05) is 19.1 Å². The summed E-state index contributed by atoms with van der Waals surface area (Å²) in [6.45, 7) is 4.45. The van der Waals surface area contributed by atoms with Gasteiger partial charge < -0.3 is 11.1 Å². The Morgan fingerprint density at radius 3 is 2.70 bits per heavy atom. The SMILES string of the molecule is CC(N)C(C)C(=O)NCCCCSc1ccccc1Br. The molecule has 5 heteroatoms. The van der Waals surface area contributed by atoms with Crippen LogP contribution < -0.4 is 11.1 Å². The van der Waals surface area contributed by atoms with E-state index in [0.717, 1.165) is 29.6 Å². The number of halogens is 1. The molecule has 20 heavy (non-hydrogen) atoms. The molecule has 1 rings (SSSR count). The van der Waals surface area contributed by atoms with Gasteiger partial charge in [0.2, 0.25) is 5.91 Å². The molecule has 1 aromatic carbocycles. The lowest BCUT2D eigenvalue weighted by atomic mass is 10.0. The van der Waals surface area contributed by atoms with Crippen LogP contribution in [-0.2, 0) is 4.79 Å². The summed E-state index contributed by atoms with van der Waals surface area (Å²) in [5, 5.41) is 2.94. The topological polar surface area (TPSA) is 55.1 Å². The molecule has 0 aliphatic heterocycles. The first-order chi connectivity index (χ1) is 9.52. The van der Waals surface area contributed by atoms with Crippen LogP contribution in [0, 0.1) is 5.92 Å². The fraction of sp³-hybridized carbons (Fsp3) is 0.533. The van der Waals surface area contributed by atoms with Gasteiger partial charge in [-0.25, -0.2) is 0 Å². The first-order valence-electron chi connectivity index (χ1n) is 6.93. The van der Waals surface area contributed by atoms with E-state index in [1.165, 1.54) is 4.90 Å². The second-order valence-corrected chi connectivity index (χ2v) is 6.92. The second kappa shape index (κ2) is 9.42. The van der Waals surface area contributed by atoms with Crippen LogP contribution in [0.25, 0.3) is 0 Å². The summed E-state index contributed by atoms with van der Waals surface area (Å²) in [7, 11) is 0. The number of amides is 1. The number of rotatable bonds is 8. The maximum absolute atomic E-state index is 11.7. The summed E-state index contributed by atoms with van der Waals surface area (Å²) in [5.41, 5.74) is 5.70. The van der Waals surface area contributed by atoms with E-state index in [1.54, 1.807) is 0 Å². The van der Waals surface area contributed by atoms with Crippen molar-refractivity contribution in [3.8, 4) is 0 Å². The monoisotopic (exact) mass is 358 g/mol. The average molecular weight is 359 g/mol. The van der Waals surface area contributed by atoms with E-state index in [-0.39, 0.29) is 17.9 Å². The van der Waals surface area contributed by atoms with E-state index in [0.29, 0.717) is 0 Å². The highest BCUT2D eigenvalue weighted by molar-refractivity contribution is 9.10. The van der Waals surface area contributed by atoms with E-state index in [1.807, 2.05) is 37.7 Å². The lowest BCUT2D eigenvalue weighted by Crippen LogP contribution is -2.38. The molecule has 1 aromatic rings. The standard InChI is InChI=1S/C15H23BrN2OS/c1-11(12(2)17)15(19)18-9-5-6-10-20-14-8-4-3-7-13(14)16/h3-4,7-8,11-12H,5-6,9-10,17H2,1-2H3,(H,18,19). The predicted molar refractivity (Wildman–Crippen MR) is 89.9 cm³/mol. The molecule has 0 saturated carbocycles. The van der Waals surface area contributed by atoms with E-state index in [2.05, 4.69) is 33.4 Å². The third-order valence-electron chi connectivity index (χ3n) is 3.17. The van der Waals surface area contributed by atoms with Crippen molar-refractivity contribution in [1.29, 1.82) is 0 Å². The van der Waals surface area contributed by atoms with Crippen molar-refractivity contribution in [2.24, 2.45) is 11.7 Å². The van der Waals surface area contributed by atoms with Crippen molar-refractivity contribution in [1.82, 2.24) is 5.32 Å². The normalized spacial score (nSPS) is 13.8. The van der Waals surface area contributed by atoms with Crippen LogP contribution in [0.3, 0.4) is 0 Å².